The smallest absolute Gasteiger partial charge is 0.227 e. The Kier molecular flexibility index (Phi) is 9.99. The van der Waals surface area contributed by atoms with Gasteiger partial charge in [-0.2, -0.15) is 0 Å². The SMILES string of the molecule is Cc1cc(-n2c3ccc(N(c4ccccc4)c4ccccc4)cc3c3cc(N(c4ccccc4)c4ccccc4)ccc32)ccc1-c1ccc(-c2ccc3nc(-c4ccccc4)oc3c2)cc1. The fraction of sp³-hybridized carbons (Fsp3) is 0.0161. The van der Waals surface area contributed by atoms with E-state index in [0.717, 1.165) is 78.6 Å². The number of hydrogen-bond acceptors (Lipinski definition) is 4. The minimum Gasteiger partial charge on any atom is -0.436 e. The normalized spacial score (nSPS) is 11.4. The Balaban J connectivity index is 0.957. The summed E-state index contributed by atoms with van der Waals surface area (Å²) in [6.07, 6.45) is 0. The number of rotatable bonds is 10. The van der Waals surface area contributed by atoms with Crippen LogP contribution in [0.2, 0.25) is 0 Å². The molecular weight excluding hydrogens is 817 g/mol. The molecule has 318 valence electrons. The zero-order valence-electron chi connectivity index (χ0n) is 36.9. The number of oxazole rings is 1. The predicted molar refractivity (Wildman–Crippen MR) is 279 cm³/mol. The van der Waals surface area contributed by atoms with Gasteiger partial charge in [0, 0.05) is 56.1 Å². The molecule has 5 heteroatoms. The topological polar surface area (TPSA) is 37.4 Å². The summed E-state index contributed by atoms with van der Waals surface area (Å²) in [5, 5.41) is 2.34. The number of anilines is 6. The predicted octanol–water partition coefficient (Wildman–Crippen LogP) is 17.2. The highest BCUT2D eigenvalue weighted by atomic mass is 16.3. The van der Waals surface area contributed by atoms with E-state index < -0.39 is 0 Å². The van der Waals surface area contributed by atoms with Crippen molar-refractivity contribution in [3.8, 4) is 39.4 Å². The summed E-state index contributed by atoms with van der Waals surface area (Å²) in [7, 11) is 0. The second-order valence-electron chi connectivity index (χ2n) is 16.9. The average Bonchev–Trinajstić information content (AvgIpc) is 3.97. The zero-order valence-corrected chi connectivity index (χ0v) is 36.9. The van der Waals surface area contributed by atoms with Gasteiger partial charge in [0.2, 0.25) is 5.89 Å². The van der Waals surface area contributed by atoms with Crippen molar-refractivity contribution < 1.29 is 4.42 Å². The number of benzene rings is 10. The molecule has 0 unspecified atom stereocenters. The first-order valence-electron chi connectivity index (χ1n) is 22.7. The summed E-state index contributed by atoms with van der Waals surface area (Å²) in [6, 6.07) is 88.3. The summed E-state index contributed by atoms with van der Waals surface area (Å²) in [5.41, 5.74) is 18.3. The maximum Gasteiger partial charge on any atom is 0.227 e. The van der Waals surface area contributed by atoms with E-state index in [2.05, 4.69) is 234 Å². The van der Waals surface area contributed by atoms with Crippen LogP contribution in [0.5, 0.6) is 0 Å². The quantitative estimate of drug-likeness (QED) is 0.137. The van der Waals surface area contributed by atoms with Gasteiger partial charge in [-0.05, 0) is 156 Å². The van der Waals surface area contributed by atoms with Crippen molar-refractivity contribution in [1.82, 2.24) is 9.55 Å². The van der Waals surface area contributed by atoms with E-state index >= 15 is 0 Å². The van der Waals surface area contributed by atoms with Crippen LogP contribution in [0, 0.1) is 6.92 Å². The van der Waals surface area contributed by atoms with E-state index in [4.69, 9.17) is 9.40 Å². The molecule has 0 amide bonds. The van der Waals surface area contributed by atoms with Crippen molar-refractivity contribution in [2.75, 3.05) is 9.80 Å². The molecule has 0 saturated carbocycles. The van der Waals surface area contributed by atoms with Gasteiger partial charge in [0.15, 0.2) is 5.58 Å². The standard InChI is InChI=1S/C62H44N4O/c1-43-39-52(32-35-55(43)45-29-27-44(28-30-45)47-31-36-58-61(40-47)67-62(63-58)46-17-7-2-8-18-46)66-59-37-33-53(64(48-19-9-3-10-20-48)49-21-11-4-12-22-49)41-56(59)57-42-54(34-38-60(57)66)65(50-23-13-5-14-24-50)51-25-15-6-16-26-51/h2-42H,1H3. The summed E-state index contributed by atoms with van der Waals surface area (Å²) in [4.78, 5) is 9.41. The van der Waals surface area contributed by atoms with Gasteiger partial charge in [-0.1, -0.05) is 127 Å². The van der Waals surface area contributed by atoms with E-state index in [1.54, 1.807) is 0 Å². The third-order valence-electron chi connectivity index (χ3n) is 12.7. The number of nitrogens with zero attached hydrogens (tertiary/aromatic N) is 4. The molecule has 12 rings (SSSR count). The molecule has 0 saturated heterocycles. The van der Waals surface area contributed by atoms with Gasteiger partial charge in [0.05, 0.1) is 11.0 Å². The van der Waals surface area contributed by atoms with Crippen molar-refractivity contribution in [3.05, 3.63) is 254 Å². The van der Waals surface area contributed by atoms with Crippen LogP contribution in [-0.4, -0.2) is 9.55 Å². The number of aromatic nitrogens is 2. The molecule has 5 nitrogen and oxygen atoms in total. The lowest BCUT2D eigenvalue weighted by molar-refractivity contribution is 0.620. The van der Waals surface area contributed by atoms with Gasteiger partial charge in [-0.15, -0.1) is 0 Å². The first-order valence-corrected chi connectivity index (χ1v) is 22.7. The first kappa shape index (κ1) is 39.6. The van der Waals surface area contributed by atoms with Crippen molar-refractivity contribution in [2.45, 2.75) is 6.92 Å². The maximum atomic E-state index is 6.21. The Morgan fingerprint density at radius 2 is 0.836 bits per heavy atom. The Bertz CT molecular complexity index is 3460. The fourth-order valence-electron chi connectivity index (χ4n) is 9.52. The van der Waals surface area contributed by atoms with Crippen molar-refractivity contribution in [2.24, 2.45) is 0 Å². The van der Waals surface area contributed by atoms with Crippen LogP contribution < -0.4 is 9.80 Å². The Labute approximate surface area is 389 Å². The summed E-state index contributed by atoms with van der Waals surface area (Å²) >= 11 is 0. The van der Waals surface area contributed by atoms with Gasteiger partial charge in [-0.3, -0.25) is 0 Å². The first-order chi connectivity index (χ1) is 33.1. The highest BCUT2D eigenvalue weighted by molar-refractivity contribution is 6.12. The van der Waals surface area contributed by atoms with Crippen molar-refractivity contribution in [1.29, 1.82) is 0 Å². The summed E-state index contributed by atoms with van der Waals surface area (Å²) < 4.78 is 8.63. The third kappa shape index (κ3) is 7.39. The lowest BCUT2D eigenvalue weighted by Crippen LogP contribution is -2.09. The van der Waals surface area contributed by atoms with Crippen LogP contribution in [0.3, 0.4) is 0 Å². The van der Waals surface area contributed by atoms with Crippen LogP contribution in [0.1, 0.15) is 5.56 Å². The average molecular weight is 861 g/mol. The van der Waals surface area contributed by atoms with E-state index in [1.165, 1.54) is 27.5 Å². The molecule has 0 aliphatic carbocycles. The molecule has 2 heterocycles. The number of aryl methyl sites for hydroxylation is 1. The molecule has 0 bridgehead atoms. The van der Waals surface area contributed by atoms with E-state index in [0.29, 0.717) is 5.89 Å². The largest absolute Gasteiger partial charge is 0.436 e. The van der Waals surface area contributed by atoms with Crippen LogP contribution in [-0.2, 0) is 0 Å². The third-order valence-corrected chi connectivity index (χ3v) is 12.7. The highest BCUT2D eigenvalue weighted by Gasteiger charge is 2.21. The minimum atomic E-state index is 0.632. The molecule has 10 aromatic carbocycles. The summed E-state index contributed by atoms with van der Waals surface area (Å²) in [5.74, 6) is 0.632. The summed E-state index contributed by atoms with van der Waals surface area (Å²) in [6.45, 7) is 2.22. The second-order valence-corrected chi connectivity index (χ2v) is 16.9. The molecular formula is C62H44N4O. The molecule has 0 atom stereocenters. The molecule has 0 fully saturated rings. The molecule has 0 radical (unpaired) electrons. The van der Waals surface area contributed by atoms with Gasteiger partial charge in [0.1, 0.15) is 5.52 Å². The lowest BCUT2D eigenvalue weighted by Gasteiger charge is -2.26. The Morgan fingerprint density at radius 1 is 0.373 bits per heavy atom. The molecule has 0 aliphatic rings. The minimum absolute atomic E-state index is 0.632. The zero-order chi connectivity index (χ0) is 44.7. The fourth-order valence-corrected chi connectivity index (χ4v) is 9.52. The van der Waals surface area contributed by atoms with Crippen LogP contribution in [0.25, 0.3) is 72.3 Å². The second kappa shape index (κ2) is 16.9. The van der Waals surface area contributed by atoms with Gasteiger partial charge >= 0.3 is 0 Å². The molecule has 12 aromatic rings. The van der Waals surface area contributed by atoms with Gasteiger partial charge in [0.25, 0.3) is 0 Å². The van der Waals surface area contributed by atoms with Gasteiger partial charge < -0.3 is 18.8 Å². The van der Waals surface area contributed by atoms with Crippen LogP contribution in [0.4, 0.5) is 34.1 Å². The molecule has 0 aliphatic heterocycles. The number of hydrogen-bond donors (Lipinski definition) is 0. The van der Waals surface area contributed by atoms with Crippen molar-refractivity contribution >= 4 is 67.0 Å². The Morgan fingerprint density at radius 3 is 1.33 bits per heavy atom. The highest BCUT2D eigenvalue weighted by Crippen LogP contribution is 2.43. The molecule has 67 heavy (non-hydrogen) atoms. The maximum absolute atomic E-state index is 6.21. The molecule has 0 spiro atoms. The number of fused-ring (bicyclic) bond motifs is 4. The van der Waals surface area contributed by atoms with Crippen molar-refractivity contribution in [3.63, 3.8) is 0 Å². The molecule has 2 aromatic heterocycles. The van der Waals surface area contributed by atoms with Gasteiger partial charge in [-0.25, -0.2) is 4.98 Å². The van der Waals surface area contributed by atoms with Crippen LogP contribution >= 0.6 is 0 Å². The van der Waals surface area contributed by atoms with E-state index in [-0.39, 0.29) is 0 Å². The number of para-hydroxylation sites is 4. The van der Waals surface area contributed by atoms with E-state index in [1.807, 2.05) is 36.4 Å². The monoisotopic (exact) mass is 860 g/mol. The lowest BCUT2D eigenvalue weighted by atomic mass is 9.97. The van der Waals surface area contributed by atoms with E-state index in [9.17, 15) is 0 Å². The molecule has 0 N–H and O–H groups in total. The Hall–Kier alpha value is -8.93. The van der Waals surface area contributed by atoms with Crippen LogP contribution in [0.15, 0.2) is 253 Å².